The number of nitrogens with zero attached hydrogens (tertiary/aromatic N) is 6. The first kappa shape index (κ1) is 18.9. The Morgan fingerprint density at radius 3 is 1.24 bits per heavy atom. The van der Waals surface area contributed by atoms with E-state index in [2.05, 4.69) is 31.9 Å². The SMILES string of the molecule is N#CN(CC(Br)([N+](=O)[O-])[N+](=O)[O-])CC(Br)([N+](=O)[O-])[N+](=O)[O-]. The van der Waals surface area contributed by atoms with E-state index in [1.807, 2.05) is 0 Å². The molecule has 0 spiro atoms. The molecule has 0 aromatic carbocycles. The van der Waals surface area contributed by atoms with E-state index in [9.17, 15) is 40.5 Å². The highest BCUT2D eigenvalue weighted by molar-refractivity contribution is 9.10. The van der Waals surface area contributed by atoms with Gasteiger partial charge in [0, 0.05) is 0 Å². The standard InChI is InChI=1S/C5H4Br2N6O8/c6-4(10(14)15,11(16)17)1-9(3-8)2-5(7,12(18)19)13(20)21/h1-2H2. The topological polar surface area (TPSA) is 200 Å². The highest BCUT2D eigenvalue weighted by Crippen LogP contribution is 2.25. The average Bonchev–Trinajstić information content (AvgIpc) is 2.36. The van der Waals surface area contributed by atoms with E-state index in [0.717, 1.165) is 0 Å². The Morgan fingerprint density at radius 2 is 1.10 bits per heavy atom. The number of nitro groups is 4. The van der Waals surface area contributed by atoms with Crippen LogP contribution in [0.4, 0.5) is 0 Å². The summed E-state index contributed by atoms with van der Waals surface area (Å²) in [6.45, 7) is -2.53. The minimum Gasteiger partial charge on any atom is -0.279 e. The highest BCUT2D eigenvalue weighted by atomic mass is 79.9. The predicted molar refractivity (Wildman–Crippen MR) is 68.5 cm³/mol. The Morgan fingerprint density at radius 1 is 0.857 bits per heavy atom. The van der Waals surface area contributed by atoms with Crippen molar-refractivity contribution in [3.05, 3.63) is 40.5 Å². The molecule has 116 valence electrons. The van der Waals surface area contributed by atoms with Crippen LogP contribution < -0.4 is 0 Å². The van der Waals surface area contributed by atoms with Crippen LogP contribution in [0.5, 0.6) is 0 Å². The Bertz CT molecular complexity index is 464. The summed E-state index contributed by atoms with van der Waals surface area (Å²) < 4.78 is -6.08. The molecule has 0 aliphatic heterocycles. The van der Waals surface area contributed by atoms with E-state index < -0.39 is 41.9 Å². The van der Waals surface area contributed by atoms with Crippen molar-refractivity contribution in [2.75, 3.05) is 13.1 Å². The number of alkyl halides is 2. The third-order valence-electron chi connectivity index (χ3n) is 2.04. The van der Waals surface area contributed by atoms with E-state index >= 15 is 0 Å². The summed E-state index contributed by atoms with van der Waals surface area (Å²) in [6, 6.07) is 0. The first-order valence-corrected chi connectivity index (χ1v) is 6.11. The molecule has 14 nitrogen and oxygen atoms in total. The Balaban J connectivity index is 5.44. The first-order valence-electron chi connectivity index (χ1n) is 4.52. The number of hydrogen-bond acceptors (Lipinski definition) is 10. The van der Waals surface area contributed by atoms with Gasteiger partial charge in [-0.2, -0.15) is 5.26 Å². The maximum absolute atomic E-state index is 10.6. The fraction of sp³-hybridized carbons (Fsp3) is 0.800. The summed E-state index contributed by atoms with van der Waals surface area (Å²) in [5, 5.41) is 51.3. The molecule has 0 aromatic heterocycles. The van der Waals surface area contributed by atoms with Gasteiger partial charge in [0.15, 0.2) is 19.3 Å². The minimum atomic E-state index is -3.04. The molecule has 16 heteroatoms. The van der Waals surface area contributed by atoms with Crippen molar-refractivity contribution >= 4 is 31.9 Å². The van der Waals surface area contributed by atoms with Crippen molar-refractivity contribution in [2.24, 2.45) is 0 Å². The van der Waals surface area contributed by atoms with Gasteiger partial charge in [-0.05, 0) is 0 Å². The first-order chi connectivity index (χ1) is 9.41. The van der Waals surface area contributed by atoms with Gasteiger partial charge in [-0.15, -0.1) is 0 Å². The highest BCUT2D eigenvalue weighted by Gasteiger charge is 2.60. The molecule has 0 aromatic rings. The van der Waals surface area contributed by atoms with Crippen LogP contribution in [0.1, 0.15) is 0 Å². The molecule has 0 aliphatic carbocycles. The molecule has 0 fully saturated rings. The third kappa shape index (κ3) is 3.91. The maximum Gasteiger partial charge on any atom is 0.528 e. The van der Waals surface area contributed by atoms with Gasteiger partial charge in [-0.1, -0.05) is 0 Å². The molecule has 0 saturated heterocycles. The lowest BCUT2D eigenvalue weighted by Crippen LogP contribution is -2.54. The summed E-state index contributed by atoms with van der Waals surface area (Å²) in [4.78, 5) is 37.2. The van der Waals surface area contributed by atoms with Crippen molar-refractivity contribution in [1.29, 1.82) is 5.26 Å². The Kier molecular flexibility index (Phi) is 5.87. The Hall–Kier alpha value is -2.15. The maximum atomic E-state index is 10.6. The molecule has 0 radical (unpaired) electrons. The molecule has 21 heavy (non-hydrogen) atoms. The molecule has 0 amide bonds. The van der Waals surface area contributed by atoms with Crippen molar-refractivity contribution in [2.45, 2.75) is 9.14 Å². The van der Waals surface area contributed by atoms with E-state index in [4.69, 9.17) is 5.26 Å². The molecular weight excluding hydrogens is 432 g/mol. The van der Waals surface area contributed by atoms with E-state index in [1.165, 1.54) is 6.19 Å². The molecular formula is C5H4Br2N6O8. The monoisotopic (exact) mass is 434 g/mol. The van der Waals surface area contributed by atoms with Gasteiger partial charge in [0.2, 0.25) is 0 Å². The largest absolute Gasteiger partial charge is 0.528 e. The van der Waals surface area contributed by atoms with Gasteiger partial charge < -0.3 is 0 Å². The van der Waals surface area contributed by atoms with E-state index in [1.54, 1.807) is 0 Å². The van der Waals surface area contributed by atoms with Crippen molar-refractivity contribution < 1.29 is 19.7 Å². The summed E-state index contributed by atoms with van der Waals surface area (Å²) in [5.41, 5.74) is 0. The lowest BCUT2D eigenvalue weighted by Gasteiger charge is -2.20. The van der Waals surface area contributed by atoms with Crippen LogP contribution in [0, 0.1) is 51.9 Å². The lowest BCUT2D eigenvalue weighted by atomic mass is 10.4. The summed E-state index contributed by atoms with van der Waals surface area (Å²) in [7, 11) is 0. The van der Waals surface area contributed by atoms with Gasteiger partial charge in [-0.3, -0.25) is 45.4 Å². The average molecular weight is 436 g/mol. The Labute approximate surface area is 131 Å². The molecule has 0 atom stereocenters. The van der Waals surface area contributed by atoms with Crippen LogP contribution in [-0.2, 0) is 0 Å². The third-order valence-corrected chi connectivity index (χ3v) is 3.70. The molecule has 0 heterocycles. The van der Waals surface area contributed by atoms with Crippen LogP contribution in [-0.4, -0.2) is 46.8 Å². The van der Waals surface area contributed by atoms with Crippen LogP contribution in [0.2, 0.25) is 0 Å². The second-order valence-corrected chi connectivity index (χ2v) is 5.96. The quantitative estimate of drug-likeness (QED) is 0.0947. The summed E-state index contributed by atoms with van der Waals surface area (Å²) >= 11 is 4.38. The van der Waals surface area contributed by atoms with Crippen molar-refractivity contribution in [3.63, 3.8) is 0 Å². The smallest absolute Gasteiger partial charge is 0.279 e. The number of nitriles is 1. The van der Waals surface area contributed by atoms with Gasteiger partial charge in [0.1, 0.15) is 19.7 Å². The van der Waals surface area contributed by atoms with Crippen LogP contribution in [0.15, 0.2) is 0 Å². The van der Waals surface area contributed by atoms with Crippen LogP contribution in [0.3, 0.4) is 0 Å². The second kappa shape index (κ2) is 6.53. The van der Waals surface area contributed by atoms with Crippen LogP contribution in [0.25, 0.3) is 0 Å². The van der Waals surface area contributed by atoms with Gasteiger partial charge in [-0.25, -0.2) is 0 Å². The molecule has 0 unspecified atom stereocenters. The zero-order valence-electron chi connectivity index (χ0n) is 9.62. The predicted octanol–water partition coefficient (Wildman–Crippen LogP) is -0.0263. The molecule has 0 N–H and O–H groups in total. The fourth-order valence-corrected chi connectivity index (χ4v) is 1.58. The van der Waals surface area contributed by atoms with Crippen molar-refractivity contribution in [3.8, 4) is 6.19 Å². The number of halogens is 2. The zero-order valence-corrected chi connectivity index (χ0v) is 12.8. The van der Waals surface area contributed by atoms with Gasteiger partial charge in [0.05, 0.1) is 31.9 Å². The normalized spacial score (nSPS) is 11.3. The van der Waals surface area contributed by atoms with Crippen molar-refractivity contribution in [1.82, 2.24) is 4.90 Å². The second-order valence-electron chi connectivity index (χ2n) is 3.42. The molecule has 0 rings (SSSR count). The van der Waals surface area contributed by atoms with E-state index in [-0.39, 0.29) is 4.90 Å². The zero-order chi connectivity index (χ0) is 17.0. The minimum absolute atomic E-state index is 0.153. The van der Waals surface area contributed by atoms with Gasteiger partial charge >= 0.3 is 9.14 Å². The van der Waals surface area contributed by atoms with Gasteiger partial charge in [0.25, 0.3) is 0 Å². The number of rotatable bonds is 8. The molecule has 0 bridgehead atoms. The number of hydrogen-bond donors (Lipinski definition) is 0. The summed E-state index contributed by atoms with van der Waals surface area (Å²) in [6.07, 6.45) is 1.19. The lowest BCUT2D eigenvalue weighted by molar-refractivity contribution is -0.764. The molecule has 0 saturated carbocycles. The fourth-order valence-electron chi connectivity index (χ4n) is 0.977. The summed E-state index contributed by atoms with van der Waals surface area (Å²) in [5.74, 6) is 0. The van der Waals surface area contributed by atoms with E-state index in [0.29, 0.717) is 0 Å². The van der Waals surface area contributed by atoms with Crippen LogP contribution >= 0.6 is 31.9 Å². The molecule has 0 aliphatic rings.